The molecule has 3 rings (SSSR count). The number of aryl methyl sites for hydroxylation is 2. The molecule has 0 aliphatic heterocycles. The molecule has 3 aromatic rings. The van der Waals surface area contributed by atoms with E-state index in [1.54, 1.807) is 6.20 Å². The van der Waals surface area contributed by atoms with Crippen LogP contribution in [0.4, 0.5) is 5.69 Å². The van der Waals surface area contributed by atoms with Gasteiger partial charge in [-0.2, -0.15) is 5.10 Å². The first-order valence-electron chi connectivity index (χ1n) is 5.52. The molecular weight excluding hydrogens is 212 g/mol. The van der Waals surface area contributed by atoms with Crippen LogP contribution in [0.1, 0.15) is 5.56 Å². The highest BCUT2D eigenvalue weighted by atomic mass is 15.1. The second kappa shape index (κ2) is 3.38. The number of nitrogens with one attached hydrogen (secondary N) is 1. The average Bonchev–Trinajstić information content (AvgIpc) is 2.85. The van der Waals surface area contributed by atoms with Crippen LogP contribution in [-0.2, 0) is 7.05 Å². The molecule has 4 nitrogen and oxygen atoms in total. The van der Waals surface area contributed by atoms with Gasteiger partial charge >= 0.3 is 0 Å². The molecule has 0 radical (unpaired) electrons. The van der Waals surface area contributed by atoms with E-state index in [0.717, 1.165) is 11.3 Å². The third kappa shape index (κ3) is 1.34. The summed E-state index contributed by atoms with van der Waals surface area (Å²) in [7, 11) is 2.04. The summed E-state index contributed by atoms with van der Waals surface area (Å²) in [6.07, 6.45) is 3.73. The molecule has 2 aromatic heterocycles. The van der Waals surface area contributed by atoms with Crippen LogP contribution in [0.25, 0.3) is 22.2 Å². The predicted molar refractivity (Wildman–Crippen MR) is 69.7 cm³/mol. The number of nitrogen functional groups attached to an aromatic ring is 1. The lowest BCUT2D eigenvalue weighted by molar-refractivity contribution is 0.968. The summed E-state index contributed by atoms with van der Waals surface area (Å²) in [6.45, 7) is 2.11. The van der Waals surface area contributed by atoms with Crippen molar-refractivity contribution in [3.8, 4) is 11.3 Å². The van der Waals surface area contributed by atoms with Gasteiger partial charge in [-0.15, -0.1) is 0 Å². The van der Waals surface area contributed by atoms with Gasteiger partial charge in [-0.1, -0.05) is 12.1 Å². The number of benzene rings is 1. The Labute approximate surface area is 99.1 Å². The molecule has 0 saturated heterocycles. The highest BCUT2D eigenvalue weighted by Crippen LogP contribution is 2.33. The van der Waals surface area contributed by atoms with Gasteiger partial charge in [-0.25, -0.2) is 0 Å². The van der Waals surface area contributed by atoms with Crippen LogP contribution in [0, 0.1) is 6.92 Å². The topological polar surface area (TPSA) is 59.6 Å². The average molecular weight is 226 g/mol. The molecule has 0 saturated carbocycles. The largest absolute Gasteiger partial charge is 0.396 e. The Hall–Kier alpha value is -2.23. The van der Waals surface area contributed by atoms with Crippen molar-refractivity contribution in [2.45, 2.75) is 6.92 Å². The van der Waals surface area contributed by atoms with Crippen LogP contribution in [0.2, 0.25) is 0 Å². The van der Waals surface area contributed by atoms with Crippen molar-refractivity contribution in [3.05, 3.63) is 36.2 Å². The van der Waals surface area contributed by atoms with Crippen molar-refractivity contribution in [1.29, 1.82) is 0 Å². The molecule has 2 heterocycles. The molecule has 0 fully saturated rings. The quantitative estimate of drug-likeness (QED) is 0.669. The smallest absolute Gasteiger partial charge is 0.0901 e. The van der Waals surface area contributed by atoms with Gasteiger partial charge < -0.3 is 10.3 Å². The normalized spacial score (nSPS) is 11.2. The third-order valence-corrected chi connectivity index (χ3v) is 3.16. The van der Waals surface area contributed by atoms with E-state index >= 15 is 0 Å². The first kappa shape index (κ1) is 9.96. The van der Waals surface area contributed by atoms with Gasteiger partial charge in [0, 0.05) is 29.7 Å². The van der Waals surface area contributed by atoms with Crippen LogP contribution in [-0.4, -0.2) is 14.8 Å². The zero-order chi connectivity index (χ0) is 12.0. The maximum atomic E-state index is 5.92. The summed E-state index contributed by atoms with van der Waals surface area (Å²) in [5.74, 6) is 0. The summed E-state index contributed by atoms with van der Waals surface area (Å²) < 4.78 is 2.11. The molecule has 86 valence electrons. The van der Waals surface area contributed by atoms with Gasteiger partial charge in [0.25, 0.3) is 0 Å². The van der Waals surface area contributed by atoms with E-state index < -0.39 is 0 Å². The Balaban J connectivity index is 2.42. The predicted octanol–water partition coefficient (Wildman–Crippen LogP) is 2.46. The highest BCUT2D eigenvalue weighted by Gasteiger charge is 2.13. The fourth-order valence-corrected chi connectivity index (χ4v) is 2.33. The SMILES string of the molecule is Cc1cccc2c1c(-c1[nH]ncc1N)cn2C. The fourth-order valence-electron chi connectivity index (χ4n) is 2.33. The molecule has 0 spiro atoms. The van der Waals surface area contributed by atoms with Crippen LogP contribution in [0.5, 0.6) is 0 Å². The summed E-state index contributed by atoms with van der Waals surface area (Å²) >= 11 is 0. The standard InChI is InChI=1S/C13H14N4/c1-8-4-3-5-11-12(8)9(7-17(11)2)13-10(14)6-15-16-13/h3-7H,14H2,1-2H3,(H,15,16). The van der Waals surface area contributed by atoms with Crippen molar-refractivity contribution < 1.29 is 0 Å². The van der Waals surface area contributed by atoms with E-state index in [1.807, 2.05) is 7.05 Å². The second-order valence-electron chi connectivity index (χ2n) is 4.32. The Morgan fingerprint density at radius 1 is 1.35 bits per heavy atom. The summed E-state index contributed by atoms with van der Waals surface area (Å²) in [5.41, 5.74) is 11.0. The zero-order valence-electron chi connectivity index (χ0n) is 9.86. The lowest BCUT2D eigenvalue weighted by Crippen LogP contribution is -1.86. The first-order chi connectivity index (χ1) is 8.18. The lowest BCUT2D eigenvalue weighted by atomic mass is 10.1. The Morgan fingerprint density at radius 3 is 2.88 bits per heavy atom. The summed E-state index contributed by atoms with van der Waals surface area (Å²) in [6, 6.07) is 6.29. The van der Waals surface area contributed by atoms with Gasteiger partial charge in [0.15, 0.2) is 0 Å². The molecule has 0 unspecified atom stereocenters. The molecule has 0 atom stereocenters. The summed E-state index contributed by atoms with van der Waals surface area (Å²) in [5, 5.41) is 8.18. The van der Waals surface area contributed by atoms with Crippen molar-refractivity contribution in [1.82, 2.24) is 14.8 Å². The number of hydrogen-bond acceptors (Lipinski definition) is 2. The van der Waals surface area contributed by atoms with Gasteiger partial charge in [-0.3, -0.25) is 5.10 Å². The molecule has 3 N–H and O–H groups in total. The number of anilines is 1. The van der Waals surface area contributed by atoms with Gasteiger partial charge in [0.1, 0.15) is 0 Å². The van der Waals surface area contributed by atoms with E-state index in [0.29, 0.717) is 5.69 Å². The van der Waals surface area contributed by atoms with Gasteiger partial charge in [0.2, 0.25) is 0 Å². The van der Waals surface area contributed by atoms with E-state index in [2.05, 4.69) is 46.1 Å². The van der Waals surface area contributed by atoms with E-state index in [9.17, 15) is 0 Å². The minimum Gasteiger partial charge on any atom is -0.396 e. The number of hydrogen-bond donors (Lipinski definition) is 2. The molecule has 0 aliphatic carbocycles. The fraction of sp³-hybridized carbons (Fsp3) is 0.154. The number of nitrogens with zero attached hydrogens (tertiary/aromatic N) is 2. The molecule has 0 amide bonds. The maximum absolute atomic E-state index is 5.92. The Bertz CT molecular complexity index is 691. The van der Waals surface area contributed by atoms with Crippen molar-refractivity contribution in [2.75, 3.05) is 5.73 Å². The molecule has 17 heavy (non-hydrogen) atoms. The van der Waals surface area contributed by atoms with Crippen LogP contribution < -0.4 is 5.73 Å². The number of aromatic amines is 1. The third-order valence-electron chi connectivity index (χ3n) is 3.16. The molecule has 1 aromatic carbocycles. The van der Waals surface area contributed by atoms with Crippen molar-refractivity contribution >= 4 is 16.6 Å². The van der Waals surface area contributed by atoms with Crippen LogP contribution in [0.15, 0.2) is 30.6 Å². The number of rotatable bonds is 1. The van der Waals surface area contributed by atoms with Crippen molar-refractivity contribution in [3.63, 3.8) is 0 Å². The highest BCUT2D eigenvalue weighted by molar-refractivity contribution is 5.99. The lowest BCUT2D eigenvalue weighted by Gasteiger charge is -2.01. The minimum absolute atomic E-state index is 0.681. The number of nitrogens with two attached hydrogens (primary N) is 1. The Morgan fingerprint density at radius 2 is 2.18 bits per heavy atom. The van der Waals surface area contributed by atoms with Gasteiger partial charge in [-0.05, 0) is 18.6 Å². The monoisotopic (exact) mass is 226 g/mol. The van der Waals surface area contributed by atoms with Crippen molar-refractivity contribution in [2.24, 2.45) is 7.05 Å². The molecule has 4 heteroatoms. The number of H-pyrrole nitrogens is 1. The Kier molecular flexibility index (Phi) is 1.98. The van der Waals surface area contributed by atoms with E-state index in [-0.39, 0.29) is 0 Å². The number of aromatic nitrogens is 3. The van der Waals surface area contributed by atoms with Crippen LogP contribution >= 0.6 is 0 Å². The van der Waals surface area contributed by atoms with Crippen LogP contribution in [0.3, 0.4) is 0 Å². The van der Waals surface area contributed by atoms with Gasteiger partial charge in [0.05, 0.1) is 17.6 Å². The maximum Gasteiger partial charge on any atom is 0.0901 e. The molecule has 0 bridgehead atoms. The first-order valence-corrected chi connectivity index (χ1v) is 5.52. The summed E-state index contributed by atoms with van der Waals surface area (Å²) in [4.78, 5) is 0. The molecule has 0 aliphatic rings. The minimum atomic E-state index is 0.681. The second-order valence-corrected chi connectivity index (χ2v) is 4.32. The van der Waals surface area contributed by atoms with E-state index in [1.165, 1.54) is 16.5 Å². The molecular formula is C13H14N4. The number of fused-ring (bicyclic) bond motifs is 1. The zero-order valence-corrected chi connectivity index (χ0v) is 9.86. The van der Waals surface area contributed by atoms with E-state index in [4.69, 9.17) is 5.73 Å².